The van der Waals surface area contributed by atoms with Crippen LogP contribution in [-0.4, -0.2) is 41.6 Å². The molecule has 0 spiro atoms. The van der Waals surface area contributed by atoms with Crippen molar-refractivity contribution in [2.24, 2.45) is 0 Å². The minimum atomic E-state index is -3.39. The van der Waals surface area contributed by atoms with Crippen molar-refractivity contribution in [2.45, 2.75) is 44.6 Å². The molecular formula is C17H23N3O2S2. The minimum absolute atomic E-state index is 0.101. The molecule has 0 N–H and O–H groups in total. The van der Waals surface area contributed by atoms with Gasteiger partial charge in [-0.3, -0.25) is 0 Å². The van der Waals surface area contributed by atoms with Crippen LogP contribution in [0.15, 0.2) is 24.3 Å². The number of hydrogen-bond acceptors (Lipinski definition) is 4. The zero-order chi connectivity index (χ0) is 16.6. The third kappa shape index (κ3) is 2.98. The first-order chi connectivity index (χ1) is 11.7. The van der Waals surface area contributed by atoms with Gasteiger partial charge in [0.15, 0.2) is 0 Å². The second kappa shape index (κ2) is 6.71. The first-order valence-electron chi connectivity index (χ1n) is 8.79. The summed E-state index contributed by atoms with van der Waals surface area (Å²) in [5, 5.41) is 0.937. The fourth-order valence-corrected chi connectivity index (χ4v) is 6.80. The van der Waals surface area contributed by atoms with Gasteiger partial charge in [-0.05, 0) is 37.8 Å². The second-order valence-electron chi connectivity index (χ2n) is 6.61. The van der Waals surface area contributed by atoms with Crippen LogP contribution in [0.25, 0.3) is 10.2 Å². The van der Waals surface area contributed by atoms with Crippen molar-refractivity contribution < 1.29 is 8.42 Å². The summed E-state index contributed by atoms with van der Waals surface area (Å²) in [6.45, 7) is 1.93. The molecular weight excluding hydrogens is 342 g/mol. The van der Waals surface area contributed by atoms with E-state index >= 15 is 0 Å². The molecule has 0 radical (unpaired) electrons. The van der Waals surface area contributed by atoms with E-state index in [1.54, 1.807) is 19.9 Å². The predicted octanol–water partition coefficient (Wildman–Crippen LogP) is 3.55. The molecule has 2 aliphatic heterocycles. The molecule has 1 aromatic heterocycles. The Balaban J connectivity index is 1.64. The van der Waals surface area contributed by atoms with Crippen molar-refractivity contribution in [2.75, 3.05) is 19.6 Å². The number of para-hydroxylation sites is 1. The number of benzene rings is 1. The van der Waals surface area contributed by atoms with Gasteiger partial charge in [0.05, 0.1) is 16.3 Å². The summed E-state index contributed by atoms with van der Waals surface area (Å²) < 4.78 is 30.9. The lowest BCUT2D eigenvalue weighted by molar-refractivity contribution is 0.330. The molecule has 2 fully saturated rings. The first-order valence-corrected chi connectivity index (χ1v) is 11.0. The van der Waals surface area contributed by atoms with E-state index in [0.717, 1.165) is 53.7 Å². The van der Waals surface area contributed by atoms with Crippen LogP contribution in [0.3, 0.4) is 0 Å². The number of hydrogen-bond donors (Lipinski definition) is 0. The highest BCUT2D eigenvalue weighted by Crippen LogP contribution is 2.39. The Morgan fingerprint density at radius 1 is 1.00 bits per heavy atom. The topological polar surface area (TPSA) is 53.5 Å². The molecule has 130 valence electrons. The van der Waals surface area contributed by atoms with Crippen LogP contribution in [0.1, 0.15) is 49.6 Å². The van der Waals surface area contributed by atoms with Gasteiger partial charge in [0, 0.05) is 19.6 Å². The smallest absolute Gasteiger partial charge is 0.239 e. The fourth-order valence-electron chi connectivity index (χ4n) is 3.72. The average Bonchev–Trinajstić information content (AvgIpc) is 3.14. The van der Waals surface area contributed by atoms with Crippen molar-refractivity contribution in [3.8, 4) is 0 Å². The maximum absolute atomic E-state index is 13.2. The highest BCUT2D eigenvalue weighted by atomic mass is 32.2. The SMILES string of the molecule is O=S(=O)(N1CCCCCC1)N1CCCC1c1nc2ccccc2s1. The zero-order valence-electron chi connectivity index (χ0n) is 13.7. The second-order valence-corrected chi connectivity index (χ2v) is 9.55. The molecule has 0 amide bonds. The van der Waals surface area contributed by atoms with Crippen LogP contribution < -0.4 is 0 Å². The Morgan fingerprint density at radius 2 is 1.75 bits per heavy atom. The highest BCUT2D eigenvalue weighted by Gasteiger charge is 2.40. The van der Waals surface area contributed by atoms with Crippen LogP contribution in [0.2, 0.25) is 0 Å². The molecule has 0 saturated carbocycles. The number of nitrogens with zero attached hydrogens (tertiary/aromatic N) is 3. The van der Waals surface area contributed by atoms with Gasteiger partial charge >= 0.3 is 0 Å². The van der Waals surface area contributed by atoms with Crippen molar-refractivity contribution in [3.63, 3.8) is 0 Å². The maximum atomic E-state index is 13.2. The summed E-state index contributed by atoms with van der Waals surface area (Å²) in [6.07, 6.45) is 5.99. The molecule has 1 atom stereocenters. The van der Waals surface area contributed by atoms with Gasteiger partial charge in [0.25, 0.3) is 10.2 Å². The van der Waals surface area contributed by atoms with Crippen molar-refractivity contribution in [1.82, 2.24) is 13.6 Å². The lowest BCUT2D eigenvalue weighted by atomic mass is 10.2. The summed E-state index contributed by atoms with van der Waals surface area (Å²) in [5.74, 6) is 0. The average molecular weight is 366 g/mol. The molecule has 0 bridgehead atoms. The van der Waals surface area contributed by atoms with E-state index in [0.29, 0.717) is 19.6 Å². The molecule has 5 nitrogen and oxygen atoms in total. The van der Waals surface area contributed by atoms with Gasteiger partial charge < -0.3 is 0 Å². The van der Waals surface area contributed by atoms with E-state index in [1.807, 2.05) is 18.2 Å². The van der Waals surface area contributed by atoms with Crippen LogP contribution in [0, 0.1) is 0 Å². The standard InChI is InChI=1S/C17H23N3O2S2/c21-24(22,19-11-5-1-2-6-12-19)20-13-7-9-15(20)17-18-14-8-3-4-10-16(14)23-17/h3-4,8,10,15H,1-2,5-7,9,11-13H2. The van der Waals surface area contributed by atoms with E-state index in [9.17, 15) is 8.42 Å². The van der Waals surface area contributed by atoms with Crippen LogP contribution in [-0.2, 0) is 10.2 Å². The zero-order valence-corrected chi connectivity index (χ0v) is 15.4. The quantitative estimate of drug-likeness (QED) is 0.836. The Morgan fingerprint density at radius 3 is 2.50 bits per heavy atom. The number of thiazole rings is 1. The van der Waals surface area contributed by atoms with E-state index < -0.39 is 10.2 Å². The molecule has 2 aliphatic rings. The van der Waals surface area contributed by atoms with Gasteiger partial charge in [-0.2, -0.15) is 17.0 Å². The van der Waals surface area contributed by atoms with E-state index in [1.165, 1.54) is 0 Å². The lowest BCUT2D eigenvalue weighted by Crippen LogP contribution is -2.43. The van der Waals surface area contributed by atoms with Crippen molar-refractivity contribution in [3.05, 3.63) is 29.3 Å². The summed E-state index contributed by atoms with van der Waals surface area (Å²) in [7, 11) is -3.39. The van der Waals surface area contributed by atoms with Crippen molar-refractivity contribution in [1.29, 1.82) is 0 Å². The molecule has 0 aliphatic carbocycles. The van der Waals surface area contributed by atoms with Crippen LogP contribution in [0.4, 0.5) is 0 Å². The van der Waals surface area contributed by atoms with E-state index in [2.05, 4.69) is 6.07 Å². The predicted molar refractivity (Wildman–Crippen MR) is 97.3 cm³/mol. The maximum Gasteiger partial charge on any atom is 0.282 e. The van der Waals surface area contributed by atoms with Gasteiger partial charge in [-0.15, -0.1) is 11.3 Å². The highest BCUT2D eigenvalue weighted by molar-refractivity contribution is 7.86. The Bertz CT molecular complexity index is 777. The fraction of sp³-hybridized carbons (Fsp3) is 0.588. The summed E-state index contributed by atoms with van der Waals surface area (Å²) in [5.41, 5.74) is 0.969. The minimum Gasteiger partial charge on any atom is -0.239 e. The number of aromatic nitrogens is 1. The third-order valence-electron chi connectivity index (χ3n) is 4.99. The molecule has 24 heavy (non-hydrogen) atoms. The normalized spacial score (nSPS) is 24.4. The summed E-state index contributed by atoms with van der Waals surface area (Å²) in [4.78, 5) is 4.72. The first kappa shape index (κ1) is 16.4. The van der Waals surface area contributed by atoms with Crippen molar-refractivity contribution >= 4 is 31.8 Å². The summed E-state index contributed by atoms with van der Waals surface area (Å²) in [6, 6.07) is 7.93. The molecule has 1 aromatic carbocycles. The van der Waals surface area contributed by atoms with Gasteiger partial charge in [0.1, 0.15) is 5.01 Å². The third-order valence-corrected chi connectivity index (χ3v) is 8.17. The molecule has 2 saturated heterocycles. The number of fused-ring (bicyclic) bond motifs is 1. The summed E-state index contributed by atoms with van der Waals surface area (Å²) >= 11 is 1.63. The van der Waals surface area contributed by atoms with Crippen LogP contribution >= 0.6 is 11.3 Å². The molecule has 1 unspecified atom stereocenters. The van der Waals surface area contributed by atoms with Gasteiger partial charge in [0.2, 0.25) is 0 Å². The molecule has 3 heterocycles. The van der Waals surface area contributed by atoms with Gasteiger partial charge in [-0.25, -0.2) is 4.98 Å². The van der Waals surface area contributed by atoms with Crippen LogP contribution in [0.5, 0.6) is 0 Å². The Labute approximate surface area is 147 Å². The van der Waals surface area contributed by atoms with E-state index in [4.69, 9.17) is 4.98 Å². The Hall–Kier alpha value is -1.02. The lowest BCUT2D eigenvalue weighted by Gasteiger charge is -2.29. The molecule has 4 rings (SSSR count). The molecule has 2 aromatic rings. The largest absolute Gasteiger partial charge is 0.282 e. The monoisotopic (exact) mass is 365 g/mol. The van der Waals surface area contributed by atoms with Gasteiger partial charge in [-0.1, -0.05) is 25.0 Å². The van der Waals surface area contributed by atoms with E-state index in [-0.39, 0.29) is 6.04 Å². The number of rotatable bonds is 3. The Kier molecular flexibility index (Phi) is 4.60. The molecule has 7 heteroatoms.